The number of hydrogen-bond acceptors (Lipinski definition) is 3. The number of hydrogen-bond donors (Lipinski definition) is 1. The van der Waals surface area contributed by atoms with E-state index in [1.807, 2.05) is 25.1 Å². The van der Waals surface area contributed by atoms with Crippen LogP contribution in [-0.2, 0) is 6.54 Å². The molecule has 0 fully saturated rings. The molecule has 0 atom stereocenters. The van der Waals surface area contributed by atoms with Crippen molar-refractivity contribution in [2.45, 2.75) is 13.5 Å². The minimum Gasteiger partial charge on any atom is -0.331 e. The van der Waals surface area contributed by atoms with Crippen LogP contribution in [0.5, 0.6) is 0 Å². The summed E-state index contributed by atoms with van der Waals surface area (Å²) in [6, 6.07) is 12.2. The Kier molecular flexibility index (Phi) is 5.20. The first-order chi connectivity index (χ1) is 12.0. The molecule has 25 heavy (non-hydrogen) atoms. The number of benzene rings is 2. The molecule has 1 aromatic heterocycles. The number of rotatable bonds is 4. The van der Waals surface area contributed by atoms with Gasteiger partial charge < -0.3 is 9.88 Å². The summed E-state index contributed by atoms with van der Waals surface area (Å²) in [6.07, 6.45) is 0. The third-order valence-electron chi connectivity index (χ3n) is 3.83. The molecule has 3 aromatic rings. The molecule has 0 aliphatic rings. The number of fused-ring (bicyclic) bond motifs is 1. The summed E-state index contributed by atoms with van der Waals surface area (Å²) in [5.74, 6) is 0.283. The Hall–Kier alpha value is -2.18. The summed E-state index contributed by atoms with van der Waals surface area (Å²) < 4.78 is 0.727. The van der Waals surface area contributed by atoms with Crippen LogP contribution < -0.4 is 5.56 Å². The van der Waals surface area contributed by atoms with Gasteiger partial charge in [0.05, 0.1) is 23.0 Å². The van der Waals surface area contributed by atoms with Crippen LogP contribution in [0.25, 0.3) is 10.9 Å². The van der Waals surface area contributed by atoms with E-state index in [2.05, 4.69) is 25.9 Å². The molecule has 0 spiro atoms. The first kappa shape index (κ1) is 17.6. The zero-order valence-corrected chi connectivity index (χ0v) is 15.8. The van der Waals surface area contributed by atoms with E-state index in [9.17, 15) is 9.59 Å². The molecule has 0 saturated carbocycles. The summed E-state index contributed by atoms with van der Waals surface area (Å²) in [6.45, 7) is 2.57. The van der Waals surface area contributed by atoms with Gasteiger partial charge in [0.1, 0.15) is 5.82 Å². The Labute approximate surface area is 157 Å². The van der Waals surface area contributed by atoms with Crippen molar-refractivity contribution >= 4 is 44.3 Å². The fraction of sp³-hybridized carbons (Fsp3) is 0.167. The Morgan fingerprint density at radius 3 is 2.76 bits per heavy atom. The predicted octanol–water partition coefficient (Wildman–Crippen LogP) is 4.00. The highest BCUT2D eigenvalue weighted by molar-refractivity contribution is 9.10. The van der Waals surface area contributed by atoms with Crippen LogP contribution >= 0.6 is 27.5 Å². The van der Waals surface area contributed by atoms with Crippen LogP contribution in [0.3, 0.4) is 0 Å². The number of carbonyl (C=O) groups excluding carboxylic acids is 1. The second kappa shape index (κ2) is 7.37. The molecule has 0 radical (unpaired) electrons. The van der Waals surface area contributed by atoms with E-state index in [0.29, 0.717) is 33.9 Å². The number of aromatic amines is 1. The zero-order chi connectivity index (χ0) is 18.0. The monoisotopic (exact) mass is 419 g/mol. The molecule has 0 aliphatic heterocycles. The van der Waals surface area contributed by atoms with E-state index in [4.69, 9.17) is 11.6 Å². The SMILES string of the molecule is CCN(Cc1nc2cc(Cl)ccc2c(=O)[nH]1)C(=O)c1ccccc1Br. The molecule has 0 saturated heterocycles. The van der Waals surface area contributed by atoms with Gasteiger partial charge in [-0.05, 0) is 53.2 Å². The Morgan fingerprint density at radius 1 is 1.28 bits per heavy atom. The minimum atomic E-state index is -0.249. The molecular formula is C18H15BrClN3O2. The van der Waals surface area contributed by atoms with Gasteiger partial charge in [-0.1, -0.05) is 23.7 Å². The first-order valence-electron chi connectivity index (χ1n) is 7.72. The standard InChI is InChI=1S/C18H15BrClN3O2/c1-2-23(18(25)12-5-3-4-6-14(12)19)10-16-21-15-9-11(20)7-8-13(15)17(24)22-16/h3-9H,2,10H2,1H3,(H,21,22,24). The lowest BCUT2D eigenvalue weighted by molar-refractivity contribution is 0.0747. The highest BCUT2D eigenvalue weighted by atomic mass is 79.9. The maximum Gasteiger partial charge on any atom is 0.258 e. The van der Waals surface area contributed by atoms with Crippen LogP contribution in [0.15, 0.2) is 51.7 Å². The van der Waals surface area contributed by atoms with Gasteiger partial charge >= 0.3 is 0 Å². The van der Waals surface area contributed by atoms with Gasteiger partial charge in [-0.15, -0.1) is 0 Å². The molecule has 0 bridgehead atoms. The van der Waals surface area contributed by atoms with Crippen molar-refractivity contribution in [1.82, 2.24) is 14.9 Å². The van der Waals surface area contributed by atoms with Gasteiger partial charge in [-0.2, -0.15) is 0 Å². The van der Waals surface area contributed by atoms with E-state index in [0.717, 1.165) is 4.47 Å². The molecule has 2 aromatic carbocycles. The fourth-order valence-electron chi connectivity index (χ4n) is 2.55. The second-order valence-electron chi connectivity index (χ2n) is 5.47. The fourth-order valence-corrected chi connectivity index (χ4v) is 3.17. The first-order valence-corrected chi connectivity index (χ1v) is 8.89. The van der Waals surface area contributed by atoms with Crippen molar-refractivity contribution in [2.24, 2.45) is 0 Å². The highest BCUT2D eigenvalue weighted by Crippen LogP contribution is 2.19. The molecule has 1 amide bonds. The number of nitrogens with one attached hydrogen (secondary N) is 1. The molecule has 1 heterocycles. The molecule has 128 valence electrons. The van der Waals surface area contributed by atoms with Crippen LogP contribution in [0.2, 0.25) is 5.02 Å². The molecule has 0 aliphatic carbocycles. The molecule has 0 unspecified atom stereocenters. The number of carbonyl (C=O) groups is 1. The smallest absolute Gasteiger partial charge is 0.258 e. The maximum atomic E-state index is 12.8. The van der Waals surface area contributed by atoms with E-state index < -0.39 is 0 Å². The topological polar surface area (TPSA) is 66.1 Å². The summed E-state index contributed by atoms with van der Waals surface area (Å²) in [5.41, 5.74) is 0.826. The predicted molar refractivity (Wildman–Crippen MR) is 102 cm³/mol. The number of amides is 1. The summed E-state index contributed by atoms with van der Waals surface area (Å²) in [5, 5.41) is 0.974. The van der Waals surface area contributed by atoms with Gasteiger partial charge in [0, 0.05) is 16.0 Å². The van der Waals surface area contributed by atoms with Crippen molar-refractivity contribution < 1.29 is 4.79 Å². The average Bonchev–Trinajstić information content (AvgIpc) is 2.59. The van der Waals surface area contributed by atoms with E-state index in [1.165, 1.54) is 0 Å². The Bertz CT molecular complexity index is 1000. The van der Waals surface area contributed by atoms with Crippen molar-refractivity contribution in [2.75, 3.05) is 6.54 Å². The summed E-state index contributed by atoms with van der Waals surface area (Å²) >= 11 is 9.38. The van der Waals surface area contributed by atoms with E-state index >= 15 is 0 Å². The van der Waals surface area contributed by atoms with Crippen LogP contribution in [0.4, 0.5) is 0 Å². The van der Waals surface area contributed by atoms with E-state index in [1.54, 1.807) is 29.2 Å². The van der Waals surface area contributed by atoms with Crippen molar-refractivity contribution in [3.63, 3.8) is 0 Å². The third-order valence-corrected chi connectivity index (χ3v) is 4.76. The lowest BCUT2D eigenvalue weighted by Gasteiger charge is -2.21. The normalized spacial score (nSPS) is 10.8. The van der Waals surface area contributed by atoms with Gasteiger partial charge in [0.15, 0.2) is 0 Å². The van der Waals surface area contributed by atoms with E-state index in [-0.39, 0.29) is 18.0 Å². The van der Waals surface area contributed by atoms with Crippen molar-refractivity contribution in [1.29, 1.82) is 0 Å². The van der Waals surface area contributed by atoms with Gasteiger partial charge in [0.25, 0.3) is 11.5 Å². The lowest BCUT2D eigenvalue weighted by Crippen LogP contribution is -2.32. The third kappa shape index (κ3) is 3.75. The maximum absolute atomic E-state index is 12.8. The largest absolute Gasteiger partial charge is 0.331 e. The van der Waals surface area contributed by atoms with Crippen LogP contribution in [0, 0.1) is 0 Å². The Balaban J connectivity index is 1.94. The van der Waals surface area contributed by atoms with Gasteiger partial charge in [0.2, 0.25) is 0 Å². The zero-order valence-electron chi connectivity index (χ0n) is 13.4. The number of halogens is 2. The van der Waals surface area contributed by atoms with Crippen LogP contribution in [0.1, 0.15) is 23.1 Å². The van der Waals surface area contributed by atoms with Gasteiger partial charge in [-0.25, -0.2) is 4.98 Å². The molecule has 5 nitrogen and oxygen atoms in total. The quantitative estimate of drug-likeness (QED) is 0.694. The molecule has 1 N–H and O–H groups in total. The molecule has 7 heteroatoms. The molecule has 3 rings (SSSR count). The van der Waals surface area contributed by atoms with Gasteiger partial charge in [-0.3, -0.25) is 9.59 Å². The van der Waals surface area contributed by atoms with Crippen molar-refractivity contribution in [3.8, 4) is 0 Å². The summed E-state index contributed by atoms with van der Waals surface area (Å²) in [4.78, 5) is 33.8. The number of H-pyrrole nitrogens is 1. The molecular weight excluding hydrogens is 406 g/mol. The van der Waals surface area contributed by atoms with Crippen molar-refractivity contribution in [3.05, 3.63) is 73.7 Å². The number of aromatic nitrogens is 2. The Morgan fingerprint density at radius 2 is 2.04 bits per heavy atom. The summed E-state index contributed by atoms with van der Waals surface area (Å²) in [7, 11) is 0. The highest BCUT2D eigenvalue weighted by Gasteiger charge is 2.18. The minimum absolute atomic E-state index is 0.135. The lowest BCUT2D eigenvalue weighted by atomic mass is 10.2. The van der Waals surface area contributed by atoms with Crippen LogP contribution in [-0.4, -0.2) is 27.3 Å². The second-order valence-corrected chi connectivity index (χ2v) is 6.76. The average molecular weight is 421 g/mol. The number of nitrogens with zero attached hydrogens (tertiary/aromatic N) is 2.